The first-order valence-electron chi connectivity index (χ1n) is 14.2. The van der Waals surface area contributed by atoms with Crippen LogP contribution in [-0.4, -0.2) is 69.3 Å². The minimum absolute atomic E-state index is 0.0216. The number of carbonyl (C=O) groups is 2. The van der Waals surface area contributed by atoms with E-state index >= 15 is 0 Å². The van der Waals surface area contributed by atoms with Crippen LogP contribution in [0.3, 0.4) is 0 Å². The van der Waals surface area contributed by atoms with Crippen LogP contribution in [0.1, 0.15) is 42.4 Å². The van der Waals surface area contributed by atoms with Gasteiger partial charge in [0, 0.05) is 19.3 Å². The fourth-order valence-corrected chi connectivity index (χ4v) is 5.48. The van der Waals surface area contributed by atoms with Gasteiger partial charge in [-0.25, -0.2) is 4.98 Å². The number of nitrogens with zero attached hydrogens (tertiary/aromatic N) is 4. The fraction of sp³-hybridized carbons (Fsp3) is 0.303. The predicted octanol–water partition coefficient (Wildman–Crippen LogP) is 4.99. The van der Waals surface area contributed by atoms with E-state index in [2.05, 4.69) is 23.7 Å². The number of methoxy groups -OCH3 is 1. The maximum absolute atomic E-state index is 13.6. The summed E-state index contributed by atoms with van der Waals surface area (Å²) in [5.41, 5.74) is 3.22. The van der Waals surface area contributed by atoms with Crippen molar-refractivity contribution in [2.45, 2.75) is 33.4 Å². The zero-order valence-corrected chi connectivity index (χ0v) is 24.4. The third-order valence-electron chi connectivity index (χ3n) is 7.76. The second-order valence-corrected chi connectivity index (χ2v) is 10.2. The van der Waals surface area contributed by atoms with Crippen molar-refractivity contribution in [2.24, 2.45) is 0 Å². The van der Waals surface area contributed by atoms with Crippen LogP contribution in [0.25, 0.3) is 11.4 Å². The summed E-state index contributed by atoms with van der Waals surface area (Å²) in [6.07, 6.45) is 1.78. The Morgan fingerprint density at radius 1 is 1.00 bits per heavy atom. The van der Waals surface area contributed by atoms with Crippen molar-refractivity contribution in [3.8, 4) is 11.5 Å². The molecule has 1 aliphatic rings. The average molecular weight is 569 g/mol. The summed E-state index contributed by atoms with van der Waals surface area (Å²) in [5.74, 6) is -0.649. The predicted molar refractivity (Wildman–Crippen MR) is 160 cm³/mol. The van der Waals surface area contributed by atoms with E-state index in [0.29, 0.717) is 53.8 Å². The number of likely N-dealkylation sites (N-methyl/N-ethyl adjacent to an activating group) is 1. The molecular weight excluding hydrogens is 532 g/mol. The molecule has 1 N–H and O–H groups in total. The Bertz CT molecular complexity index is 1620. The number of benzene rings is 2. The first-order valence-corrected chi connectivity index (χ1v) is 14.2. The van der Waals surface area contributed by atoms with Gasteiger partial charge in [-0.1, -0.05) is 56.3 Å². The van der Waals surface area contributed by atoms with E-state index in [1.54, 1.807) is 41.7 Å². The van der Waals surface area contributed by atoms with Crippen LogP contribution in [0.4, 0.5) is 0 Å². The number of fused-ring (bicyclic) bond motifs is 1. The van der Waals surface area contributed by atoms with E-state index in [-0.39, 0.29) is 11.3 Å². The van der Waals surface area contributed by atoms with Crippen molar-refractivity contribution < 1.29 is 24.2 Å². The summed E-state index contributed by atoms with van der Waals surface area (Å²) >= 11 is 0. The van der Waals surface area contributed by atoms with Gasteiger partial charge in [0.25, 0.3) is 11.7 Å². The van der Waals surface area contributed by atoms with Gasteiger partial charge in [-0.05, 0) is 55.4 Å². The van der Waals surface area contributed by atoms with Crippen molar-refractivity contribution in [3.05, 3.63) is 101 Å². The standard InChI is InChI=1S/C33H36N4O5/c1-5-35(6-2)18-19-37-30(24-15-16-25(26(20-24)41-4)42-21-23-12-8-7-9-13-23)28(32(39)33(37)40)31(38)29-22(3)34-27-14-10-11-17-36(27)29/h7-17,20,30,38H,5-6,18-19,21H2,1-4H3. The molecule has 1 atom stereocenters. The molecule has 0 bridgehead atoms. The Morgan fingerprint density at radius 2 is 1.74 bits per heavy atom. The molecule has 1 amide bonds. The number of likely N-dealkylation sites (tertiary alicyclic amines) is 1. The molecular formula is C33H36N4O5. The van der Waals surface area contributed by atoms with E-state index in [9.17, 15) is 14.7 Å². The van der Waals surface area contributed by atoms with Crippen molar-refractivity contribution in [1.29, 1.82) is 0 Å². The second kappa shape index (κ2) is 12.5. The molecule has 2 aromatic heterocycles. The summed E-state index contributed by atoms with van der Waals surface area (Å²) in [4.78, 5) is 35.4. The third-order valence-corrected chi connectivity index (χ3v) is 7.76. The number of imidazole rings is 1. The second-order valence-electron chi connectivity index (χ2n) is 10.2. The van der Waals surface area contributed by atoms with Gasteiger partial charge in [-0.3, -0.25) is 14.0 Å². The van der Waals surface area contributed by atoms with Gasteiger partial charge >= 0.3 is 0 Å². The fourth-order valence-electron chi connectivity index (χ4n) is 5.48. The lowest BCUT2D eigenvalue weighted by molar-refractivity contribution is -0.140. The minimum Gasteiger partial charge on any atom is -0.505 e. The molecule has 9 heteroatoms. The van der Waals surface area contributed by atoms with Crippen molar-refractivity contribution in [1.82, 2.24) is 19.2 Å². The maximum atomic E-state index is 13.6. The number of aliphatic hydroxyl groups excluding tert-OH is 1. The Balaban J connectivity index is 1.60. The number of pyridine rings is 1. The lowest BCUT2D eigenvalue weighted by Gasteiger charge is -2.28. The van der Waals surface area contributed by atoms with Gasteiger partial charge in [0.05, 0.1) is 24.4 Å². The maximum Gasteiger partial charge on any atom is 0.295 e. The van der Waals surface area contributed by atoms with Crippen molar-refractivity contribution in [3.63, 3.8) is 0 Å². The number of ether oxygens (including phenoxy) is 2. The molecule has 0 spiro atoms. The van der Waals surface area contributed by atoms with Crippen LogP contribution >= 0.6 is 0 Å². The van der Waals surface area contributed by atoms with Crippen LogP contribution < -0.4 is 9.47 Å². The van der Waals surface area contributed by atoms with Crippen LogP contribution in [0.15, 0.2) is 78.5 Å². The van der Waals surface area contributed by atoms with Crippen molar-refractivity contribution in [2.75, 3.05) is 33.3 Å². The van der Waals surface area contributed by atoms with Gasteiger partial charge in [0.2, 0.25) is 0 Å². The molecule has 2 aromatic carbocycles. The highest BCUT2D eigenvalue weighted by Crippen LogP contribution is 2.42. The summed E-state index contributed by atoms with van der Waals surface area (Å²) in [6.45, 7) is 8.76. The zero-order valence-electron chi connectivity index (χ0n) is 24.4. The Hall–Kier alpha value is -4.63. The molecule has 1 fully saturated rings. The van der Waals surface area contributed by atoms with Gasteiger partial charge in [0.15, 0.2) is 17.3 Å². The molecule has 0 aliphatic carbocycles. The largest absolute Gasteiger partial charge is 0.505 e. The third kappa shape index (κ3) is 5.47. The monoisotopic (exact) mass is 568 g/mol. The number of aromatic nitrogens is 2. The summed E-state index contributed by atoms with van der Waals surface area (Å²) in [7, 11) is 1.55. The number of rotatable bonds is 11. The topological polar surface area (TPSA) is 96.6 Å². The molecule has 4 aromatic rings. The number of Topliss-reactive ketones (excluding diaryl/α,β-unsaturated/α-hetero) is 1. The number of carbonyl (C=O) groups excluding carboxylic acids is 2. The molecule has 42 heavy (non-hydrogen) atoms. The SMILES string of the molecule is CCN(CC)CCN1C(=O)C(=O)C(=C(O)c2c(C)nc3ccccn23)C1c1ccc(OCc2ccccc2)c(OC)c1. The molecule has 0 radical (unpaired) electrons. The molecule has 9 nitrogen and oxygen atoms in total. The highest BCUT2D eigenvalue weighted by atomic mass is 16.5. The molecule has 5 rings (SSSR count). The van der Waals surface area contributed by atoms with Gasteiger partial charge in [-0.2, -0.15) is 0 Å². The number of amides is 1. The number of ketones is 1. The quantitative estimate of drug-likeness (QED) is 0.155. The minimum atomic E-state index is -0.828. The Kier molecular flexibility index (Phi) is 8.59. The lowest BCUT2D eigenvalue weighted by atomic mass is 9.96. The van der Waals surface area contributed by atoms with Crippen LogP contribution in [0.2, 0.25) is 0 Å². The van der Waals surface area contributed by atoms with Gasteiger partial charge in [-0.15, -0.1) is 0 Å². The van der Waals surface area contributed by atoms with E-state index in [1.165, 1.54) is 0 Å². The molecule has 3 heterocycles. The molecule has 218 valence electrons. The van der Waals surface area contributed by atoms with Crippen LogP contribution in [-0.2, 0) is 16.2 Å². The number of hydrogen-bond acceptors (Lipinski definition) is 7. The molecule has 0 saturated carbocycles. The van der Waals surface area contributed by atoms with Gasteiger partial charge in [0.1, 0.15) is 17.9 Å². The van der Waals surface area contributed by atoms with E-state index in [4.69, 9.17) is 9.47 Å². The number of aliphatic hydroxyl groups is 1. The average Bonchev–Trinajstić information content (AvgIpc) is 3.48. The lowest BCUT2D eigenvalue weighted by Crippen LogP contribution is -2.38. The van der Waals surface area contributed by atoms with E-state index in [1.807, 2.05) is 54.6 Å². The summed E-state index contributed by atoms with van der Waals surface area (Å²) in [5, 5.41) is 11.7. The normalized spacial score (nSPS) is 16.5. The van der Waals surface area contributed by atoms with Crippen LogP contribution in [0, 0.1) is 6.92 Å². The van der Waals surface area contributed by atoms with E-state index in [0.717, 1.165) is 18.7 Å². The number of hydrogen-bond donors (Lipinski definition) is 1. The zero-order chi connectivity index (χ0) is 29.8. The first-order chi connectivity index (χ1) is 20.4. The van der Waals surface area contributed by atoms with Crippen LogP contribution in [0.5, 0.6) is 11.5 Å². The summed E-state index contributed by atoms with van der Waals surface area (Å²) < 4.78 is 13.5. The Morgan fingerprint density at radius 3 is 2.45 bits per heavy atom. The van der Waals surface area contributed by atoms with Crippen molar-refractivity contribution >= 4 is 23.1 Å². The van der Waals surface area contributed by atoms with E-state index < -0.39 is 17.7 Å². The smallest absolute Gasteiger partial charge is 0.295 e. The number of aryl methyl sites for hydroxylation is 1. The molecule has 1 unspecified atom stereocenters. The Labute approximate surface area is 245 Å². The first kappa shape index (κ1) is 28.9. The molecule has 1 aliphatic heterocycles. The summed E-state index contributed by atoms with van der Waals surface area (Å²) in [6, 6.07) is 19.8. The highest BCUT2D eigenvalue weighted by Gasteiger charge is 2.46. The highest BCUT2D eigenvalue weighted by molar-refractivity contribution is 6.46. The van der Waals surface area contributed by atoms with Gasteiger partial charge < -0.3 is 24.4 Å². The molecule has 1 saturated heterocycles.